The molecule has 10 heteroatoms. The Morgan fingerprint density at radius 1 is 1.04 bits per heavy atom. The zero-order chi connectivity index (χ0) is 33.9. The van der Waals surface area contributed by atoms with Crippen LogP contribution in [0, 0.1) is 5.92 Å². The number of nitrogens with zero attached hydrogens (tertiary/aromatic N) is 2. The second-order valence-electron chi connectivity index (χ2n) is 12.7. The lowest BCUT2D eigenvalue weighted by Crippen LogP contribution is -2.47. The third-order valence-electron chi connectivity index (χ3n) is 8.47. The van der Waals surface area contributed by atoms with Gasteiger partial charge >= 0.3 is 0 Å². The number of carbonyl (C=O) groups is 2. The lowest BCUT2D eigenvalue weighted by Gasteiger charge is -2.36. The maximum absolute atomic E-state index is 14.4. The molecule has 1 aliphatic heterocycles. The van der Waals surface area contributed by atoms with Crippen LogP contribution in [0.15, 0.2) is 66.7 Å². The Hall–Kier alpha value is -3.14. The number of halogens is 2. The second kappa shape index (κ2) is 17.9. The van der Waals surface area contributed by atoms with Gasteiger partial charge in [-0.25, -0.2) is 0 Å². The summed E-state index contributed by atoms with van der Waals surface area (Å²) in [7, 11) is 2.03. The highest BCUT2D eigenvalue weighted by Gasteiger charge is 2.30. The van der Waals surface area contributed by atoms with Crippen molar-refractivity contribution in [3.8, 4) is 5.75 Å². The number of benzene rings is 3. The normalized spacial score (nSPS) is 20.2. The minimum atomic E-state index is -0.464. The van der Waals surface area contributed by atoms with Crippen LogP contribution in [0.1, 0.15) is 61.5 Å². The maximum Gasteiger partial charge on any atom is 0.258 e. The molecule has 1 aliphatic rings. The molecular weight excluding hydrogens is 637 g/mol. The summed E-state index contributed by atoms with van der Waals surface area (Å²) in [6, 6.07) is 19.9. The van der Waals surface area contributed by atoms with Crippen LogP contribution in [-0.2, 0) is 22.5 Å². The molecular formula is C37H47Cl2N3O5. The molecule has 0 unspecified atom stereocenters. The van der Waals surface area contributed by atoms with Gasteiger partial charge in [0.15, 0.2) is 0 Å². The standard InChI is InChI=1S/C37H47Cl2N3O5/c1-25-21-42(26(2)24-43)37(45)31-20-30(40-36(44)19-28-11-6-5-7-12-28)14-16-34(31)47-27(3)10-8-9-17-46-35(25)23-41(4)22-29-13-15-32(38)33(39)18-29/h5-7,11-16,18,20,25-27,35,43H,8-10,17,19,21-24H2,1-4H3,(H,40,44)/t25-,26+,27+,35-/m0/s1. The van der Waals surface area contributed by atoms with Crippen LogP contribution in [0.25, 0.3) is 0 Å². The summed E-state index contributed by atoms with van der Waals surface area (Å²) in [6.07, 6.45) is 2.48. The molecule has 4 rings (SSSR count). The fraction of sp³-hybridized carbons (Fsp3) is 0.459. The summed E-state index contributed by atoms with van der Waals surface area (Å²) in [6.45, 7) is 7.92. The Morgan fingerprint density at radius 2 is 1.81 bits per heavy atom. The first-order valence-corrected chi connectivity index (χ1v) is 17.1. The number of anilines is 1. The Balaban J connectivity index is 1.58. The lowest BCUT2D eigenvalue weighted by molar-refractivity contribution is -0.115. The van der Waals surface area contributed by atoms with Crippen molar-refractivity contribution in [1.82, 2.24) is 9.80 Å². The van der Waals surface area contributed by atoms with E-state index >= 15 is 0 Å². The number of carbonyl (C=O) groups excluding carboxylic acids is 2. The fourth-order valence-corrected chi connectivity index (χ4v) is 6.09. The first-order valence-electron chi connectivity index (χ1n) is 16.3. The van der Waals surface area contributed by atoms with E-state index in [-0.39, 0.29) is 43.0 Å². The van der Waals surface area contributed by atoms with Gasteiger partial charge < -0.3 is 24.8 Å². The monoisotopic (exact) mass is 683 g/mol. The van der Waals surface area contributed by atoms with Crippen molar-refractivity contribution in [2.45, 2.75) is 71.2 Å². The first kappa shape index (κ1) is 36.7. The van der Waals surface area contributed by atoms with Gasteiger partial charge in [0.05, 0.1) is 46.9 Å². The highest BCUT2D eigenvalue weighted by molar-refractivity contribution is 6.42. The molecule has 0 saturated carbocycles. The van der Waals surface area contributed by atoms with Gasteiger partial charge in [0, 0.05) is 37.8 Å². The van der Waals surface area contributed by atoms with E-state index in [0.717, 1.165) is 30.4 Å². The predicted octanol–water partition coefficient (Wildman–Crippen LogP) is 7.10. The predicted molar refractivity (Wildman–Crippen MR) is 188 cm³/mol. The van der Waals surface area contributed by atoms with Crippen molar-refractivity contribution < 1.29 is 24.2 Å². The van der Waals surface area contributed by atoms with Gasteiger partial charge in [-0.1, -0.05) is 66.5 Å². The van der Waals surface area contributed by atoms with Crippen molar-refractivity contribution in [3.63, 3.8) is 0 Å². The van der Waals surface area contributed by atoms with Gasteiger partial charge in [-0.15, -0.1) is 0 Å². The lowest BCUT2D eigenvalue weighted by atomic mass is 10.0. The fourth-order valence-electron chi connectivity index (χ4n) is 5.77. The smallest absolute Gasteiger partial charge is 0.258 e. The molecule has 47 heavy (non-hydrogen) atoms. The highest BCUT2D eigenvalue weighted by Crippen LogP contribution is 2.29. The number of hydrogen-bond acceptors (Lipinski definition) is 6. The quantitative estimate of drug-likeness (QED) is 0.250. The molecule has 4 atom stereocenters. The topological polar surface area (TPSA) is 91.3 Å². The third-order valence-corrected chi connectivity index (χ3v) is 9.21. The summed E-state index contributed by atoms with van der Waals surface area (Å²) in [4.78, 5) is 31.1. The van der Waals surface area contributed by atoms with Crippen molar-refractivity contribution >= 4 is 40.7 Å². The maximum atomic E-state index is 14.4. The Labute approximate surface area is 288 Å². The average Bonchev–Trinajstić information content (AvgIpc) is 3.04. The van der Waals surface area contributed by atoms with Crippen LogP contribution in [0.4, 0.5) is 5.69 Å². The number of likely N-dealkylation sites (N-methyl/N-ethyl adjacent to an activating group) is 1. The summed E-state index contributed by atoms with van der Waals surface area (Å²) in [5.74, 6) is -0.0699. The minimum absolute atomic E-state index is 0.0656. The average molecular weight is 685 g/mol. The molecule has 0 fully saturated rings. The second-order valence-corrected chi connectivity index (χ2v) is 13.5. The zero-order valence-electron chi connectivity index (χ0n) is 27.8. The van der Waals surface area contributed by atoms with Crippen molar-refractivity contribution in [2.75, 3.05) is 38.7 Å². The van der Waals surface area contributed by atoms with E-state index in [1.165, 1.54) is 0 Å². The van der Waals surface area contributed by atoms with Crippen molar-refractivity contribution in [1.29, 1.82) is 0 Å². The van der Waals surface area contributed by atoms with E-state index < -0.39 is 6.04 Å². The molecule has 0 aliphatic carbocycles. The van der Waals surface area contributed by atoms with Crippen LogP contribution in [-0.4, -0.2) is 78.3 Å². The summed E-state index contributed by atoms with van der Waals surface area (Å²) in [5.41, 5.74) is 2.78. The molecule has 0 saturated heterocycles. The zero-order valence-corrected chi connectivity index (χ0v) is 29.3. The number of hydrogen-bond donors (Lipinski definition) is 2. The van der Waals surface area contributed by atoms with Gasteiger partial charge in [0.25, 0.3) is 5.91 Å². The number of nitrogens with one attached hydrogen (secondary N) is 1. The Morgan fingerprint density at radius 3 is 2.53 bits per heavy atom. The number of amides is 2. The van der Waals surface area contributed by atoms with Gasteiger partial charge in [-0.05, 0) is 81.6 Å². The van der Waals surface area contributed by atoms with Crippen LogP contribution in [0.3, 0.4) is 0 Å². The largest absolute Gasteiger partial charge is 0.490 e. The number of ether oxygens (including phenoxy) is 2. The van der Waals surface area contributed by atoms with E-state index in [9.17, 15) is 14.7 Å². The number of aliphatic hydroxyl groups excluding tert-OH is 1. The van der Waals surface area contributed by atoms with E-state index in [0.29, 0.717) is 53.3 Å². The molecule has 254 valence electrons. The molecule has 0 aromatic heterocycles. The van der Waals surface area contributed by atoms with Crippen LogP contribution in [0.2, 0.25) is 10.0 Å². The Kier molecular flexibility index (Phi) is 13.9. The molecule has 3 aromatic rings. The van der Waals surface area contributed by atoms with E-state index in [2.05, 4.69) is 17.1 Å². The summed E-state index contributed by atoms with van der Waals surface area (Å²) < 4.78 is 12.8. The van der Waals surface area contributed by atoms with Gasteiger partial charge in [-0.2, -0.15) is 0 Å². The molecule has 0 spiro atoms. The highest BCUT2D eigenvalue weighted by atomic mass is 35.5. The SMILES string of the molecule is C[C@@H]1CCCCO[C@@H](CN(C)Cc2ccc(Cl)c(Cl)c2)[C@@H](C)CN([C@H](C)CO)C(=O)c2cc(NC(=O)Cc3ccccc3)ccc2O1. The van der Waals surface area contributed by atoms with Crippen LogP contribution < -0.4 is 10.1 Å². The van der Waals surface area contributed by atoms with E-state index in [1.807, 2.05) is 63.4 Å². The number of rotatable bonds is 9. The summed E-state index contributed by atoms with van der Waals surface area (Å²) in [5, 5.41) is 14.2. The molecule has 1 heterocycles. The van der Waals surface area contributed by atoms with Gasteiger partial charge in [0.2, 0.25) is 5.91 Å². The van der Waals surface area contributed by atoms with Crippen molar-refractivity contribution in [2.24, 2.45) is 5.92 Å². The number of aliphatic hydroxyl groups is 1. The van der Waals surface area contributed by atoms with Gasteiger partial charge in [-0.3, -0.25) is 14.5 Å². The molecule has 0 radical (unpaired) electrons. The van der Waals surface area contributed by atoms with Crippen LogP contribution in [0.5, 0.6) is 5.75 Å². The first-order chi connectivity index (χ1) is 22.5. The molecule has 2 N–H and O–H groups in total. The molecule has 8 nitrogen and oxygen atoms in total. The van der Waals surface area contributed by atoms with Crippen molar-refractivity contribution in [3.05, 3.63) is 93.5 Å². The van der Waals surface area contributed by atoms with E-state index in [1.54, 1.807) is 29.2 Å². The van der Waals surface area contributed by atoms with Gasteiger partial charge in [0.1, 0.15) is 5.75 Å². The number of fused-ring (bicyclic) bond motifs is 1. The van der Waals surface area contributed by atoms with Crippen LogP contribution >= 0.6 is 23.2 Å². The molecule has 2 amide bonds. The molecule has 3 aromatic carbocycles. The molecule has 0 bridgehead atoms. The summed E-state index contributed by atoms with van der Waals surface area (Å²) >= 11 is 12.4. The minimum Gasteiger partial charge on any atom is -0.490 e. The van der Waals surface area contributed by atoms with E-state index in [4.69, 9.17) is 32.7 Å². The third kappa shape index (κ3) is 10.9. The Bertz CT molecular complexity index is 1470.